The fourth-order valence-electron chi connectivity index (χ4n) is 0.736. The molecule has 0 aliphatic carbocycles. The topological polar surface area (TPSA) is 52.3 Å². The Hall–Kier alpha value is -1.16. The fourth-order valence-corrected chi connectivity index (χ4v) is 1.24. The molecule has 4 heteroatoms. The lowest BCUT2D eigenvalue weighted by Gasteiger charge is -2.01. The fraction of sp³-hybridized carbons (Fsp3) is 0.125. The van der Waals surface area contributed by atoms with Gasteiger partial charge in [0.25, 0.3) is 0 Å². The highest BCUT2D eigenvalue weighted by molar-refractivity contribution is 7.95. The monoisotopic (exact) mass is 183 g/mol. The molecule has 1 aromatic rings. The Morgan fingerprint density at radius 2 is 2.17 bits per heavy atom. The van der Waals surface area contributed by atoms with E-state index in [1.165, 1.54) is 0 Å². The molecule has 1 rings (SSSR count). The minimum atomic E-state index is -0.775. The van der Waals surface area contributed by atoms with Crippen molar-refractivity contribution in [3.63, 3.8) is 0 Å². The van der Waals surface area contributed by atoms with Gasteiger partial charge < -0.3 is 9.92 Å². The predicted molar refractivity (Wildman–Crippen MR) is 47.7 cm³/mol. The highest BCUT2D eigenvalue weighted by Crippen LogP contribution is 2.22. The average molecular weight is 183 g/mol. The van der Waals surface area contributed by atoms with Crippen LogP contribution >= 0.6 is 12.0 Å². The zero-order valence-corrected chi connectivity index (χ0v) is 7.43. The molecule has 0 aliphatic rings. The predicted octanol–water partition coefficient (Wildman–Crippen LogP) is 2.10. The second kappa shape index (κ2) is 4.01. The quantitative estimate of drug-likeness (QED) is 0.714. The van der Waals surface area contributed by atoms with E-state index in [1.54, 1.807) is 0 Å². The molecule has 0 saturated carbocycles. The highest BCUT2D eigenvalue weighted by Gasteiger charge is 2.00. The first-order chi connectivity index (χ1) is 5.70. The molecule has 64 valence electrons. The maximum absolute atomic E-state index is 10.3. The van der Waals surface area contributed by atoms with Gasteiger partial charge in [0.1, 0.15) is 0 Å². The van der Waals surface area contributed by atoms with Crippen molar-refractivity contribution in [1.82, 2.24) is 0 Å². The standard InChI is InChI=1S/C8H9NO2S/c1-6-4-2-3-5-7(6)12-11-8(9)10/h2-5H,1H3,(H2,9,10). The molecule has 0 spiro atoms. The molecule has 0 atom stereocenters. The van der Waals surface area contributed by atoms with Gasteiger partial charge in [-0.05, 0) is 18.6 Å². The molecule has 12 heavy (non-hydrogen) atoms. The van der Waals surface area contributed by atoms with Gasteiger partial charge in [0.2, 0.25) is 0 Å². The highest BCUT2D eigenvalue weighted by atomic mass is 32.2. The average Bonchev–Trinajstić information content (AvgIpc) is 2.03. The number of amides is 1. The van der Waals surface area contributed by atoms with Crippen molar-refractivity contribution in [3.05, 3.63) is 29.8 Å². The number of carbonyl (C=O) groups excluding carboxylic acids is 1. The summed E-state index contributed by atoms with van der Waals surface area (Å²) in [6.45, 7) is 1.94. The molecule has 1 amide bonds. The first-order valence-electron chi connectivity index (χ1n) is 3.40. The van der Waals surface area contributed by atoms with E-state index in [4.69, 9.17) is 5.73 Å². The van der Waals surface area contributed by atoms with Crippen molar-refractivity contribution >= 4 is 18.1 Å². The van der Waals surface area contributed by atoms with E-state index < -0.39 is 6.09 Å². The van der Waals surface area contributed by atoms with Gasteiger partial charge in [-0.25, -0.2) is 4.79 Å². The number of benzene rings is 1. The van der Waals surface area contributed by atoms with Crippen LogP contribution in [0.25, 0.3) is 0 Å². The van der Waals surface area contributed by atoms with Gasteiger partial charge in [0, 0.05) is 0 Å². The van der Waals surface area contributed by atoms with Gasteiger partial charge in [-0.15, -0.1) is 0 Å². The third-order valence-corrected chi connectivity index (χ3v) is 2.19. The molecular formula is C8H9NO2S. The third kappa shape index (κ3) is 2.47. The third-order valence-electron chi connectivity index (χ3n) is 1.31. The van der Waals surface area contributed by atoms with Crippen LogP contribution in [-0.4, -0.2) is 6.09 Å². The summed E-state index contributed by atoms with van der Waals surface area (Å²) < 4.78 is 4.56. The summed E-state index contributed by atoms with van der Waals surface area (Å²) in [4.78, 5) is 11.2. The lowest BCUT2D eigenvalue weighted by molar-refractivity contribution is 0.218. The van der Waals surface area contributed by atoms with Crippen LogP contribution in [0.5, 0.6) is 0 Å². The number of carbonyl (C=O) groups is 1. The minimum Gasteiger partial charge on any atom is -0.370 e. The van der Waals surface area contributed by atoms with Crippen LogP contribution in [0.4, 0.5) is 4.79 Å². The van der Waals surface area contributed by atoms with Gasteiger partial charge in [-0.2, -0.15) is 0 Å². The van der Waals surface area contributed by atoms with Crippen molar-refractivity contribution in [3.8, 4) is 0 Å². The van der Waals surface area contributed by atoms with Crippen LogP contribution in [0.3, 0.4) is 0 Å². The van der Waals surface area contributed by atoms with Gasteiger partial charge in [-0.3, -0.25) is 0 Å². The number of hydrogen-bond acceptors (Lipinski definition) is 3. The summed E-state index contributed by atoms with van der Waals surface area (Å²) >= 11 is 0.981. The Kier molecular flexibility index (Phi) is 2.99. The minimum absolute atomic E-state index is 0.775. The summed E-state index contributed by atoms with van der Waals surface area (Å²) in [6.07, 6.45) is -0.775. The van der Waals surface area contributed by atoms with E-state index in [0.29, 0.717) is 0 Å². The van der Waals surface area contributed by atoms with Crippen molar-refractivity contribution in [1.29, 1.82) is 0 Å². The van der Waals surface area contributed by atoms with Crippen LogP contribution in [0.15, 0.2) is 29.2 Å². The van der Waals surface area contributed by atoms with Crippen molar-refractivity contribution in [2.45, 2.75) is 11.8 Å². The van der Waals surface area contributed by atoms with E-state index in [9.17, 15) is 4.79 Å². The molecule has 0 aliphatic heterocycles. The molecule has 0 fully saturated rings. The number of hydrogen-bond donors (Lipinski definition) is 1. The van der Waals surface area contributed by atoms with Crippen molar-refractivity contribution < 1.29 is 8.98 Å². The first kappa shape index (κ1) is 8.93. The van der Waals surface area contributed by atoms with Crippen LogP contribution in [0, 0.1) is 6.92 Å². The molecule has 3 nitrogen and oxygen atoms in total. The molecular weight excluding hydrogens is 174 g/mol. The second-order valence-electron chi connectivity index (χ2n) is 2.25. The Morgan fingerprint density at radius 3 is 2.75 bits per heavy atom. The Balaban J connectivity index is 2.63. The molecule has 0 aromatic heterocycles. The Bertz CT molecular complexity index is 288. The number of primary amides is 1. The summed E-state index contributed by atoms with van der Waals surface area (Å²) in [5, 5.41) is 0. The smallest absolute Gasteiger partial charge is 0.370 e. The van der Waals surface area contributed by atoms with Gasteiger partial charge in [0.05, 0.1) is 16.9 Å². The second-order valence-corrected chi connectivity index (χ2v) is 3.02. The number of rotatable bonds is 2. The number of nitrogens with two attached hydrogens (primary N) is 1. The SMILES string of the molecule is Cc1ccccc1SOC(N)=O. The van der Waals surface area contributed by atoms with Gasteiger partial charge in [-0.1, -0.05) is 18.2 Å². The van der Waals surface area contributed by atoms with E-state index in [1.807, 2.05) is 31.2 Å². The van der Waals surface area contributed by atoms with Crippen molar-refractivity contribution in [2.24, 2.45) is 5.73 Å². The molecule has 0 unspecified atom stereocenters. The molecule has 0 heterocycles. The zero-order chi connectivity index (χ0) is 8.97. The maximum Gasteiger partial charge on any atom is 0.417 e. The molecule has 1 aromatic carbocycles. The first-order valence-corrected chi connectivity index (χ1v) is 4.14. The van der Waals surface area contributed by atoms with E-state index in [0.717, 1.165) is 22.5 Å². The largest absolute Gasteiger partial charge is 0.417 e. The van der Waals surface area contributed by atoms with E-state index in [2.05, 4.69) is 4.18 Å². The Labute approximate surface area is 75.1 Å². The maximum atomic E-state index is 10.3. The lowest BCUT2D eigenvalue weighted by atomic mass is 10.2. The summed E-state index contributed by atoms with van der Waals surface area (Å²) in [5.41, 5.74) is 5.87. The zero-order valence-electron chi connectivity index (χ0n) is 6.61. The molecule has 0 saturated heterocycles. The van der Waals surface area contributed by atoms with E-state index >= 15 is 0 Å². The Morgan fingerprint density at radius 1 is 1.50 bits per heavy atom. The molecule has 0 bridgehead atoms. The molecule has 0 radical (unpaired) electrons. The van der Waals surface area contributed by atoms with Crippen LogP contribution in [0.2, 0.25) is 0 Å². The summed E-state index contributed by atoms with van der Waals surface area (Å²) in [7, 11) is 0. The molecule has 2 N–H and O–H groups in total. The van der Waals surface area contributed by atoms with Gasteiger partial charge >= 0.3 is 6.09 Å². The van der Waals surface area contributed by atoms with E-state index in [-0.39, 0.29) is 0 Å². The summed E-state index contributed by atoms with van der Waals surface area (Å²) in [5.74, 6) is 0. The van der Waals surface area contributed by atoms with Crippen LogP contribution in [-0.2, 0) is 4.18 Å². The van der Waals surface area contributed by atoms with Gasteiger partial charge in [0.15, 0.2) is 0 Å². The van der Waals surface area contributed by atoms with Crippen molar-refractivity contribution in [2.75, 3.05) is 0 Å². The van der Waals surface area contributed by atoms with Crippen LogP contribution in [0.1, 0.15) is 5.56 Å². The normalized spacial score (nSPS) is 9.42. The lowest BCUT2D eigenvalue weighted by Crippen LogP contribution is -2.08. The van der Waals surface area contributed by atoms with Crippen LogP contribution < -0.4 is 5.73 Å². The number of aryl methyl sites for hydroxylation is 1. The summed E-state index contributed by atoms with van der Waals surface area (Å²) in [6, 6.07) is 7.60.